The summed E-state index contributed by atoms with van der Waals surface area (Å²) in [6.45, 7) is 10.4. The maximum atomic E-state index is 13.8. The Hall–Kier alpha value is -4.58. The first-order valence-corrected chi connectivity index (χ1v) is 12.7. The summed E-state index contributed by atoms with van der Waals surface area (Å²) in [4.78, 5) is 47.4. The number of imidazole rings is 1. The fourth-order valence-electron chi connectivity index (χ4n) is 5.73. The van der Waals surface area contributed by atoms with E-state index in [9.17, 15) is 14.4 Å². The molecule has 0 radical (unpaired) electrons. The lowest BCUT2D eigenvalue weighted by molar-refractivity contribution is 0.0893. The Morgan fingerprint density at radius 1 is 0.711 bits per heavy atom. The molecule has 0 spiro atoms. The molecule has 0 bridgehead atoms. The Bertz CT molecular complexity index is 2060. The average molecular weight is 500 g/mol. The molecule has 0 fully saturated rings. The van der Waals surface area contributed by atoms with Crippen LogP contribution in [0.4, 0.5) is 5.69 Å². The Morgan fingerprint density at radius 2 is 1.32 bits per heavy atom. The van der Waals surface area contributed by atoms with Crippen LogP contribution in [0.3, 0.4) is 0 Å². The average Bonchev–Trinajstić information content (AvgIpc) is 3.24. The summed E-state index contributed by atoms with van der Waals surface area (Å²) in [6, 6.07) is 18.5. The lowest BCUT2D eigenvalue weighted by atomic mass is 9.86. The number of fused-ring (bicyclic) bond motifs is 4. The highest BCUT2D eigenvalue weighted by atomic mass is 16.2. The van der Waals surface area contributed by atoms with Crippen molar-refractivity contribution in [2.75, 3.05) is 4.90 Å². The van der Waals surface area contributed by atoms with Crippen LogP contribution in [0, 0.1) is 13.8 Å². The molecule has 0 aliphatic carbocycles. The van der Waals surface area contributed by atoms with Crippen LogP contribution < -0.4 is 10.5 Å². The van der Waals surface area contributed by atoms with Gasteiger partial charge < -0.3 is 0 Å². The predicted molar refractivity (Wildman–Crippen MR) is 151 cm³/mol. The van der Waals surface area contributed by atoms with Crippen LogP contribution in [0.25, 0.3) is 38.2 Å². The van der Waals surface area contributed by atoms with Gasteiger partial charge in [-0.2, -0.15) is 0 Å². The first-order valence-electron chi connectivity index (χ1n) is 12.7. The van der Waals surface area contributed by atoms with Gasteiger partial charge in [0.25, 0.3) is 17.4 Å². The molecule has 1 aliphatic rings. The fraction of sp³-hybridized carbons (Fsp3) is 0.188. The molecule has 0 saturated carbocycles. The number of aryl methyl sites for hydroxylation is 2. The lowest BCUT2D eigenvalue weighted by Gasteiger charge is -2.28. The summed E-state index contributed by atoms with van der Waals surface area (Å²) in [5.41, 5.74) is 6.40. The summed E-state index contributed by atoms with van der Waals surface area (Å²) in [5.74, 6) is -0.792. The summed E-state index contributed by atoms with van der Waals surface area (Å²) in [6.07, 6.45) is 0. The van der Waals surface area contributed by atoms with Crippen molar-refractivity contribution in [3.8, 4) is 0 Å². The monoisotopic (exact) mass is 499 g/mol. The highest BCUT2D eigenvalue weighted by Crippen LogP contribution is 2.39. The number of imide groups is 1. The number of amides is 2. The van der Waals surface area contributed by atoms with E-state index < -0.39 is 11.8 Å². The molecular weight excluding hydrogens is 474 g/mol. The molecular formula is C32H25N3O3. The normalized spacial score (nSPS) is 14.1. The molecule has 0 atom stereocenters. The van der Waals surface area contributed by atoms with Crippen molar-refractivity contribution in [3.05, 3.63) is 98.8 Å². The van der Waals surface area contributed by atoms with E-state index in [0.717, 1.165) is 33.1 Å². The van der Waals surface area contributed by atoms with E-state index in [-0.39, 0.29) is 11.0 Å². The minimum absolute atomic E-state index is 0.0480. The van der Waals surface area contributed by atoms with Gasteiger partial charge in [0.2, 0.25) is 0 Å². The van der Waals surface area contributed by atoms with E-state index in [1.165, 1.54) is 4.90 Å². The number of carbonyl (C=O) groups excluding carboxylic acids is 2. The molecule has 0 unspecified atom stereocenters. The predicted octanol–water partition coefficient (Wildman–Crippen LogP) is 6.31. The van der Waals surface area contributed by atoms with Gasteiger partial charge in [0.1, 0.15) is 5.65 Å². The maximum absolute atomic E-state index is 13.8. The quantitative estimate of drug-likeness (QED) is 0.249. The molecule has 186 valence electrons. The summed E-state index contributed by atoms with van der Waals surface area (Å²) in [5, 5.41) is 2.35. The summed E-state index contributed by atoms with van der Waals surface area (Å²) >= 11 is 0. The number of benzene rings is 4. The topological polar surface area (TPSA) is 71.8 Å². The van der Waals surface area contributed by atoms with Gasteiger partial charge in [0.05, 0.1) is 16.7 Å². The third-order valence-corrected chi connectivity index (χ3v) is 7.96. The SMILES string of the molecule is Cc1cc2nc3c4ccc5c6c(ccc(c(=O)n3c2cc1C)c64)C(=O)N(c1ccc(C(C)(C)C)cc1)C5=O. The van der Waals surface area contributed by atoms with Crippen LogP contribution in [0.5, 0.6) is 0 Å². The Balaban J connectivity index is 1.50. The van der Waals surface area contributed by atoms with Gasteiger partial charge in [-0.05, 0) is 84.5 Å². The molecule has 2 aromatic heterocycles. The van der Waals surface area contributed by atoms with E-state index in [1.54, 1.807) is 22.6 Å². The maximum Gasteiger partial charge on any atom is 0.265 e. The second-order valence-corrected chi connectivity index (χ2v) is 11.3. The van der Waals surface area contributed by atoms with E-state index in [4.69, 9.17) is 4.98 Å². The van der Waals surface area contributed by atoms with Gasteiger partial charge in [0, 0.05) is 32.7 Å². The smallest absolute Gasteiger partial charge is 0.265 e. The zero-order chi connectivity index (χ0) is 26.7. The van der Waals surface area contributed by atoms with Crippen LogP contribution >= 0.6 is 0 Å². The first-order chi connectivity index (χ1) is 18.1. The highest BCUT2D eigenvalue weighted by molar-refractivity contribution is 6.38. The van der Waals surface area contributed by atoms with Crippen LogP contribution in [0.2, 0.25) is 0 Å². The van der Waals surface area contributed by atoms with Gasteiger partial charge in [0.15, 0.2) is 0 Å². The van der Waals surface area contributed by atoms with Gasteiger partial charge in [-0.3, -0.25) is 18.8 Å². The standard InChI is InChI=1S/C32H25N3O3/c1-16-14-24-25(15-17(16)2)35-28(33-24)20-10-11-22-27-23(13-12-21(26(20)27)31(35)38)30(37)34(29(22)36)19-8-6-18(7-9-19)32(3,4)5/h6-15H,1-5H3. The van der Waals surface area contributed by atoms with E-state index in [0.29, 0.717) is 38.6 Å². The van der Waals surface area contributed by atoms with Gasteiger partial charge >= 0.3 is 0 Å². The number of aromatic nitrogens is 2. The second-order valence-electron chi connectivity index (χ2n) is 11.3. The van der Waals surface area contributed by atoms with Crippen molar-refractivity contribution in [1.29, 1.82) is 0 Å². The molecule has 0 saturated heterocycles. The number of hydrogen-bond donors (Lipinski definition) is 0. The number of pyridine rings is 1. The molecule has 2 amide bonds. The zero-order valence-corrected chi connectivity index (χ0v) is 21.8. The molecule has 6 heteroatoms. The van der Waals surface area contributed by atoms with E-state index in [1.807, 2.05) is 56.3 Å². The highest BCUT2D eigenvalue weighted by Gasteiger charge is 2.35. The second kappa shape index (κ2) is 7.25. The summed E-state index contributed by atoms with van der Waals surface area (Å²) < 4.78 is 1.65. The van der Waals surface area contributed by atoms with Crippen LogP contribution in [0.1, 0.15) is 58.2 Å². The van der Waals surface area contributed by atoms with Crippen molar-refractivity contribution < 1.29 is 9.59 Å². The minimum atomic E-state index is -0.396. The van der Waals surface area contributed by atoms with Crippen LogP contribution in [0.15, 0.2) is 65.5 Å². The third kappa shape index (κ3) is 2.83. The van der Waals surface area contributed by atoms with Crippen molar-refractivity contribution in [2.24, 2.45) is 0 Å². The molecule has 6 aromatic rings. The van der Waals surface area contributed by atoms with Crippen molar-refractivity contribution in [1.82, 2.24) is 9.38 Å². The van der Waals surface area contributed by atoms with E-state index in [2.05, 4.69) is 20.8 Å². The number of anilines is 1. The fourth-order valence-corrected chi connectivity index (χ4v) is 5.73. The molecule has 38 heavy (non-hydrogen) atoms. The molecule has 4 aromatic carbocycles. The number of carbonyl (C=O) groups is 2. The largest absolute Gasteiger partial charge is 0.268 e. The van der Waals surface area contributed by atoms with E-state index >= 15 is 0 Å². The molecule has 0 N–H and O–H groups in total. The number of rotatable bonds is 1. The molecule has 7 rings (SSSR count). The zero-order valence-electron chi connectivity index (χ0n) is 21.8. The van der Waals surface area contributed by atoms with Crippen molar-refractivity contribution in [3.63, 3.8) is 0 Å². The van der Waals surface area contributed by atoms with Gasteiger partial charge in [-0.1, -0.05) is 32.9 Å². The number of hydrogen-bond acceptors (Lipinski definition) is 4. The van der Waals surface area contributed by atoms with Gasteiger partial charge in [-0.15, -0.1) is 0 Å². The summed E-state index contributed by atoms with van der Waals surface area (Å²) in [7, 11) is 0. The van der Waals surface area contributed by atoms with Gasteiger partial charge in [-0.25, -0.2) is 9.88 Å². The first kappa shape index (κ1) is 22.6. The van der Waals surface area contributed by atoms with Crippen LogP contribution in [-0.4, -0.2) is 21.2 Å². The lowest BCUT2D eigenvalue weighted by Crippen LogP contribution is -2.40. The number of nitrogens with zero attached hydrogens (tertiary/aromatic N) is 3. The minimum Gasteiger partial charge on any atom is -0.268 e. The Labute approximate surface area is 218 Å². The Kier molecular flexibility index (Phi) is 4.32. The van der Waals surface area contributed by atoms with Crippen molar-refractivity contribution >= 4 is 55.7 Å². The van der Waals surface area contributed by atoms with Crippen molar-refractivity contribution in [2.45, 2.75) is 40.0 Å². The Morgan fingerprint density at radius 3 is 1.95 bits per heavy atom. The molecule has 1 aliphatic heterocycles. The van der Waals surface area contributed by atoms with Crippen LogP contribution in [-0.2, 0) is 5.41 Å². The third-order valence-electron chi connectivity index (χ3n) is 7.96. The molecule has 3 heterocycles. The molecule has 6 nitrogen and oxygen atoms in total.